The molecule has 0 spiro atoms. The van der Waals surface area contributed by atoms with Gasteiger partial charge in [0.2, 0.25) is 0 Å². The lowest BCUT2D eigenvalue weighted by Gasteiger charge is -2.35. The number of hydrogen-bond donors (Lipinski definition) is 1. The third-order valence-electron chi connectivity index (χ3n) is 4.26. The molecule has 1 N–H and O–H groups in total. The molecule has 2 aromatic rings. The lowest BCUT2D eigenvalue weighted by Crippen LogP contribution is -2.46. The molecule has 0 bridgehead atoms. The maximum absolute atomic E-state index is 12.4. The monoisotopic (exact) mass is 388 g/mol. The standard InChI is InChI=1S/C18H21BrN4O/c1-2-22-9-11-23(12-10-22)16-7-8-20-17(13-16)18(24)21-15-5-3-14(19)4-6-15/h3-8,13H,2,9-12H2,1H3,(H,21,24). The van der Waals surface area contributed by atoms with Gasteiger partial charge in [-0.1, -0.05) is 22.9 Å². The summed E-state index contributed by atoms with van der Waals surface area (Å²) in [6, 6.07) is 11.3. The highest BCUT2D eigenvalue weighted by molar-refractivity contribution is 9.10. The molecule has 1 aromatic carbocycles. The van der Waals surface area contributed by atoms with Gasteiger partial charge in [0.15, 0.2) is 0 Å². The van der Waals surface area contributed by atoms with Crippen molar-refractivity contribution >= 4 is 33.2 Å². The van der Waals surface area contributed by atoms with Gasteiger partial charge in [0, 0.05) is 48.2 Å². The van der Waals surface area contributed by atoms with Crippen LogP contribution in [0.15, 0.2) is 47.1 Å². The van der Waals surface area contributed by atoms with E-state index in [1.165, 1.54) is 0 Å². The Morgan fingerprint density at radius 3 is 2.54 bits per heavy atom. The van der Waals surface area contributed by atoms with Crippen LogP contribution in [0.25, 0.3) is 0 Å². The zero-order valence-corrected chi connectivity index (χ0v) is 15.3. The normalized spacial score (nSPS) is 15.3. The predicted octanol–water partition coefficient (Wildman–Crippen LogP) is 3.24. The largest absolute Gasteiger partial charge is 0.369 e. The second kappa shape index (κ2) is 7.77. The van der Waals surface area contributed by atoms with Crippen molar-refractivity contribution in [3.8, 4) is 0 Å². The number of benzene rings is 1. The van der Waals surface area contributed by atoms with Gasteiger partial charge in [0.1, 0.15) is 5.69 Å². The van der Waals surface area contributed by atoms with Crippen LogP contribution in [0.5, 0.6) is 0 Å². The van der Waals surface area contributed by atoms with Crippen LogP contribution in [-0.2, 0) is 0 Å². The minimum atomic E-state index is -0.189. The predicted molar refractivity (Wildman–Crippen MR) is 101 cm³/mol. The van der Waals surface area contributed by atoms with E-state index in [2.05, 4.69) is 43.0 Å². The number of nitrogens with one attached hydrogen (secondary N) is 1. The highest BCUT2D eigenvalue weighted by Gasteiger charge is 2.17. The topological polar surface area (TPSA) is 48.5 Å². The van der Waals surface area contributed by atoms with Crippen LogP contribution in [0.2, 0.25) is 0 Å². The number of aromatic nitrogens is 1. The molecule has 0 atom stereocenters. The highest BCUT2D eigenvalue weighted by atomic mass is 79.9. The number of piperazine rings is 1. The van der Waals surface area contributed by atoms with Gasteiger partial charge in [-0.3, -0.25) is 9.78 Å². The molecule has 1 saturated heterocycles. The Morgan fingerprint density at radius 2 is 1.88 bits per heavy atom. The smallest absolute Gasteiger partial charge is 0.274 e. The maximum Gasteiger partial charge on any atom is 0.274 e. The first-order valence-corrected chi connectivity index (χ1v) is 8.95. The zero-order valence-electron chi connectivity index (χ0n) is 13.7. The summed E-state index contributed by atoms with van der Waals surface area (Å²) in [5.74, 6) is -0.189. The van der Waals surface area contributed by atoms with Crippen molar-refractivity contribution in [2.45, 2.75) is 6.92 Å². The van der Waals surface area contributed by atoms with Gasteiger partial charge < -0.3 is 15.1 Å². The Labute approximate surface area is 150 Å². The maximum atomic E-state index is 12.4. The third kappa shape index (κ3) is 4.13. The number of halogens is 1. The molecule has 1 fully saturated rings. The first kappa shape index (κ1) is 16.9. The average Bonchev–Trinajstić information content (AvgIpc) is 2.64. The molecule has 0 radical (unpaired) electrons. The number of anilines is 2. The zero-order chi connectivity index (χ0) is 16.9. The molecule has 2 heterocycles. The number of rotatable bonds is 4. The van der Waals surface area contributed by atoms with E-state index in [4.69, 9.17) is 0 Å². The molecule has 126 valence electrons. The number of pyridine rings is 1. The van der Waals surface area contributed by atoms with Crippen molar-refractivity contribution in [3.05, 3.63) is 52.8 Å². The van der Waals surface area contributed by atoms with E-state index in [1.807, 2.05) is 36.4 Å². The van der Waals surface area contributed by atoms with Gasteiger partial charge in [0.05, 0.1) is 0 Å². The van der Waals surface area contributed by atoms with Gasteiger partial charge in [-0.25, -0.2) is 0 Å². The fourth-order valence-electron chi connectivity index (χ4n) is 2.79. The van der Waals surface area contributed by atoms with E-state index in [0.717, 1.165) is 48.6 Å². The van der Waals surface area contributed by atoms with E-state index in [-0.39, 0.29) is 5.91 Å². The summed E-state index contributed by atoms with van der Waals surface area (Å²) < 4.78 is 0.979. The molecule has 24 heavy (non-hydrogen) atoms. The number of hydrogen-bond acceptors (Lipinski definition) is 4. The van der Waals surface area contributed by atoms with Crippen LogP contribution in [0.3, 0.4) is 0 Å². The Bertz CT molecular complexity index is 696. The molecule has 0 unspecified atom stereocenters. The van der Waals surface area contributed by atoms with Crippen LogP contribution in [0.1, 0.15) is 17.4 Å². The molecule has 3 rings (SSSR count). The summed E-state index contributed by atoms with van der Waals surface area (Å²) in [5, 5.41) is 2.88. The third-order valence-corrected chi connectivity index (χ3v) is 4.79. The summed E-state index contributed by atoms with van der Waals surface area (Å²) in [6.07, 6.45) is 1.71. The lowest BCUT2D eigenvalue weighted by molar-refractivity contribution is 0.102. The Morgan fingerprint density at radius 1 is 1.17 bits per heavy atom. The number of likely N-dealkylation sites (N-methyl/N-ethyl adjacent to an activating group) is 1. The number of amides is 1. The minimum absolute atomic E-state index is 0.189. The van der Waals surface area contributed by atoms with E-state index < -0.39 is 0 Å². The number of nitrogens with zero attached hydrogens (tertiary/aromatic N) is 3. The van der Waals surface area contributed by atoms with E-state index in [0.29, 0.717) is 5.69 Å². The fourth-order valence-corrected chi connectivity index (χ4v) is 3.06. The molecule has 0 aliphatic carbocycles. The Hall–Kier alpha value is -1.92. The van der Waals surface area contributed by atoms with E-state index in [1.54, 1.807) is 6.20 Å². The molecule has 1 aromatic heterocycles. The number of carbonyl (C=O) groups is 1. The van der Waals surface area contributed by atoms with Gasteiger partial charge in [-0.05, 0) is 42.9 Å². The van der Waals surface area contributed by atoms with Gasteiger partial charge >= 0.3 is 0 Å². The van der Waals surface area contributed by atoms with Crippen LogP contribution in [0, 0.1) is 0 Å². The summed E-state index contributed by atoms with van der Waals surface area (Å²) in [5.41, 5.74) is 2.25. The summed E-state index contributed by atoms with van der Waals surface area (Å²) in [7, 11) is 0. The van der Waals surface area contributed by atoms with Crippen molar-refractivity contribution in [1.29, 1.82) is 0 Å². The Balaban J connectivity index is 1.68. The highest BCUT2D eigenvalue weighted by Crippen LogP contribution is 2.18. The summed E-state index contributed by atoms with van der Waals surface area (Å²) >= 11 is 3.39. The molecule has 6 heteroatoms. The van der Waals surface area contributed by atoms with Gasteiger partial charge in [-0.2, -0.15) is 0 Å². The molecular formula is C18H21BrN4O. The van der Waals surface area contributed by atoms with E-state index in [9.17, 15) is 4.79 Å². The Kier molecular flexibility index (Phi) is 5.48. The lowest BCUT2D eigenvalue weighted by atomic mass is 10.2. The number of carbonyl (C=O) groups excluding carboxylic acids is 1. The summed E-state index contributed by atoms with van der Waals surface area (Å²) in [6.45, 7) is 7.34. The quantitative estimate of drug-likeness (QED) is 0.873. The van der Waals surface area contributed by atoms with Gasteiger partial charge in [-0.15, -0.1) is 0 Å². The second-order valence-electron chi connectivity index (χ2n) is 5.78. The SMILES string of the molecule is CCN1CCN(c2ccnc(C(=O)Nc3ccc(Br)cc3)c2)CC1. The fraction of sp³-hybridized carbons (Fsp3) is 0.333. The van der Waals surface area contributed by atoms with Crippen molar-refractivity contribution in [3.63, 3.8) is 0 Å². The minimum Gasteiger partial charge on any atom is -0.369 e. The molecule has 1 amide bonds. The van der Waals surface area contributed by atoms with Crippen LogP contribution < -0.4 is 10.2 Å². The molecule has 1 aliphatic rings. The molecule has 1 aliphatic heterocycles. The van der Waals surface area contributed by atoms with Crippen LogP contribution >= 0.6 is 15.9 Å². The van der Waals surface area contributed by atoms with Crippen molar-refractivity contribution < 1.29 is 4.79 Å². The average molecular weight is 389 g/mol. The van der Waals surface area contributed by atoms with Crippen molar-refractivity contribution in [2.24, 2.45) is 0 Å². The van der Waals surface area contributed by atoms with Gasteiger partial charge in [0.25, 0.3) is 5.91 Å². The molecular weight excluding hydrogens is 368 g/mol. The van der Waals surface area contributed by atoms with Crippen LogP contribution in [0.4, 0.5) is 11.4 Å². The molecule has 0 saturated carbocycles. The van der Waals surface area contributed by atoms with Crippen LogP contribution in [-0.4, -0.2) is 48.5 Å². The second-order valence-corrected chi connectivity index (χ2v) is 6.70. The van der Waals surface area contributed by atoms with E-state index >= 15 is 0 Å². The first-order valence-electron chi connectivity index (χ1n) is 8.16. The van der Waals surface area contributed by atoms with Crippen molar-refractivity contribution in [2.75, 3.05) is 42.9 Å². The summed E-state index contributed by atoms with van der Waals surface area (Å²) in [4.78, 5) is 21.4. The molecule has 5 nitrogen and oxygen atoms in total. The van der Waals surface area contributed by atoms with Crippen molar-refractivity contribution in [1.82, 2.24) is 9.88 Å². The first-order chi connectivity index (χ1) is 11.7.